The number of fused-ring (bicyclic) bond motifs is 1. The molecule has 0 aromatic heterocycles. The molecule has 2 aromatic rings. The van der Waals surface area contributed by atoms with Crippen molar-refractivity contribution in [2.45, 2.75) is 53.5 Å². The van der Waals surface area contributed by atoms with Crippen LogP contribution >= 0.6 is 15.9 Å². The minimum Gasteiger partial charge on any atom is -0.492 e. The van der Waals surface area contributed by atoms with Gasteiger partial charge >= 0.3 is 0 Å². The van der Waals surface area contributed by atoms with E-state index >= 15 is 0 Å². The summed E-state index contributed by atoms with van der Waals surface area (Å²) in [5.41, 5.74) is 7.07. The Kier molecular flexibility index (Phi) is 6.01. The fourth-order valence-corrected chi connectivity index (χ4v) is 5.30. The molecule has 0 saturated heterocycles. The van der Waals surface area contributed by atoms with Gasteiger partial charge in [-0.3, -0.25) is 4.79 Å². The quantitative estimate of drug-likeness (QED) is 0.491. The first kappa shape index (κ1) is 22.7. The van der Waals surface area contributed by atoms with Gasteiger partial charge in [0.1, 0.15) is 0 Å². The van der Waals surface area contributed by atoms with Gasteiger partial charge in [0.25, 0.3) is 0 Å². The van der Waals surface area contributed by atoms with Gasteiger partial charge in [0.05, 0.1) is 35.6 Å². The van der Waals surface area contributed by atoms with Gasteiger partial charge < -0.3 is 20.1 Å². The van der Waals surface area contributed by atoms with Gasteiger partial charge in [0.2, 0.25) is 0 Å². The highest BCUT2D eigenvalue weighted by atomic mass is 79.9. The van der Waals surface area contributed by atoms with Crippen LogP contribution in [-0.4, -0.2) is 19.5 Å². The normalized spacial score (nSPS) is 19.3. The van der Waals surface area contributed by atoms with Gasteiger partial charge in [-0.05, 0) is 89.5 Å². The summed E-state index contributed by atoms with van der Waals surface area (Å²) < 4.78 is 12.2. The lowest BCUT2D eigenvalue weighted by Crippen LogP contribution is -2.31. The second-order valence-corrected chi connectivity index (χ2v) is 10.3. The fraction of sp³-hybridized carbons (Fsp3) is 0.423. The Hall–Kier alpha value is -2.47. The zero-order valence-electron chi connectivity index (χ0n) is 19.6. The average Bonchev–Trinajstić information content (AvgIpc) is 2.84. The predicted molar refractivity (Wildman–Crippen MR) is 133 cm³/mol. The van der Waals surface area contributed by atoms with Crippen molar-refractivity contribution in [3.05, 3.63) is 56.7 Å². The van der Waals surface area contributed by atoms with E-state index in [1.54, 1.807) is 7.11 Å². The Morgan fingerprint density at radius 3 is 2.44 bits per heavy atom. The van der Waals surface area contributed by atoms with E-state index in [0.29, 0.717) is 24.5 Å². The van der Waals surface area contributed by atoms with Crippen molar-refractivity contribution in [3.8, 4) is 11.5 Å². The number of Topliss-reactive ketones (excluding diaryl/α,β-unsaturated/α-hetero) is 1. The maximum atomic E-state index is 13.5. The van der Waals surface area contributed by atoms with Crippen molar-refractivity contribution < 1.29 is 14.3 Å². The summed E-state index contributed by atoms with van der Waals surface area (Å²) in [6, 6.07) is 8.01. The first-order chi connectivity index (χ1) is 15.1. The molecule has 6 heteroatoms. The Morgan fingerprint density at radius 1 is 1.09 bits per heavy atom. The summed E-state index contributed by atoms with van der Waals surface area (Å²) in [6.07, 6.45) is 1.34. The summed E-state index contributed by atoms with van der Waals surface area (Å²) >= 11 is 3.64. The summed E-state index contributed by atoms with van der Waals surface area (Å²) in [5.74, 6) is 1.48. The van der Waals surface area contributed by atoms with Crippen LogP contribution in [0.1, 0.15) is 56.3 Å². The number of halogens is 1. The molecule has 0 fully saturated rings. The third kappa shape index (κ3) is 4.13. The zero-order chi connectivity index (χ0) is 23.2. The van der Waals surface area contributed by atoms with E-state index in [4.69, 9.17) is 9.47 Å². The maximum Gasteiger partial charge on any atom is 0.174 e. The lowest BCUT2D eigenvalue weighted by atomic mass is 9.73. The average molecular weight is 499 g/mol. The highest BCUT2D eigenvalue weighted by Crippen LogP contribution is 2.48. The first-order valence-electron chi connectivity index (χ1n) is 11.0. The minimum absolute atomic E-state index is 0.0886. The molecule has 0 saturated carbocycles. The SMILES string of the molecule is CCOc1cc(C2Nc3cc(C)c(C)cc3NC3=C2C(=O)CC(C)(C)C3)cc(Br)c1OC. The van der Waals surface area contributed by atoms with Crippen LogP contribution in [0.4, 0.5) is 11.4 Å². The molecule has 5 nitrogen and oxygen atoms in total. The number of nitrogens with one attached hydrogen (secondary N) is 2. The monoisotopic (exact) mass is 498 g/mol. The van der Waals surface area contributed by atoms with Gasteiger partial charge in [0.15, 0.2) is 17.3 Å². The minimum atomic E-state index is -0.300. The lowest BCUT2D eigenvalue weighted by Gasteiger charge is -2.34. The van der Waals surface area contributed by atoms with Gasteiger partial charge in [-0.2, -0.15) is 0 Å². The highest BCUT2D eigenvalue weighted by Gasteiger charge is 2.39. The number of ether oxygens (including phenoxy) is 2. The standard InChI is InChI=1S/C26H31BrN2O3/c1-7-32-22-11-16(10-17(27)25(22)31-6)24-23-20(12-26(4,5)13-21(23)30)28-18-8-14(2)15(3)9-19(18)29-24/h8-11,24,28-29H,7,12-13H2,1-6H3. The molecule has 0 amide bonds. The number of hydrogen-bond donors (Lipinski definition) is 2. The molecule has 1 unspecified atom stereocenters. The molecule has 1 atom stereocenters. The number of benzene rings is 2. The molecule has 0 spiro atoms. The summed E-state index contributed by atoms with van der Waals surface area (Å²) in [7, 11) is 1.63. The largest absolute Gasteiger partial charge is 0.492 e. The molecule has 4 rings (SSSR count). The predicted octanol–water partition coefficient (Wildman–Crippen LogP) is 6.70. The van der Waals surface area contributed by atoms with E-state index in [-0.39, 0.29) is 17.2 Å². The Morgan fingerprint density at radius 2 is 1.78 bits per heavy atom. The second kappa shape index (κ2) is 8.47. The molecule has 1 aliphatic heterocycles. The zero-order valence-corrected chi connectivity index (χ0v) is 21.2. The van der Waals surface area contributed by atoms with Crippen LogP contribution in [0.5, 0.6) is 11.5 Å². The van der Waals surface area contributed by atoms with E-state index < -0.39 is 0 Å². The molecule has 0 radical (unpaired) electrons. The van der Waals surface area contributed by atoms with Crippen LogP contribution in [-0.2, 0) is 4.79 Å². The Balaban J connectivity index is 1.92. The van der Waals surface area contributed by atoms with E-state index in [2.05, 4.69) is 66.4 Å². The van der Waals surface area contributed by atoms with Crippen LogP contribution in [0.2, 0.25) is 0 Å². The smallest absolute Gasteiger partial charge is 0.174 e. The number of methoxy groups -OCH3 is 1. The molecule has 2 N–H and O–H groups in total. The highest BCUT2D eigenvalue weighted by molar-refractivity contribution is 9.10. The molecular weight excluding hydrogens is 468 g/mol. The number of rotatable bonds is 4. The Labute approximate surface area is 198 Å². The first-order valence-corrected chi connectivity index (χ1v) is 11.8. The summed E-state index contributed by atoms with van der Waals surface area (Å²) in [6.45, 7) is 11.0. The van der Waals surface area contributed by atoms with Crippen molar-refractivity contribution in [2.75, 3.05) is 24.4 Å². The molecule has 1 aliphatic carbocycles. The number of hydrogen-bond acceptors (Lipinski definition) is 5. The van der Waals surface area contributed by atoms with Crippen molar-refractivity contribution >= 4 is 33.1 Å². The van der Waals surface area contributed by atoms with Crippen molar-refractivity contribution in [1.82, 2.24) is 0 Å². The van der Waals surface area contributed by atoms with Gasteiger partial charge in [-0.25, -0.2) is 0 Å². The van der Waals surface area contributed by atoms with Crippen LogP contribution < -0.4 is 20.1 Å². The van der Waals surface area contributed by atoms with Crippen LogP contribution in [0.25, 0.3) is 0 Å². The van der Waals surface area contributed by atoms with Crippen LogP contribution in [0.3, 0.4) is 0 Å². The van der Waals surface area contributed by atoms with E-state index in [9.17, 15) is 4.79 Å². The second-order valence-electron chi connectivity index (χ2n) is 9.48. The topological polar surface area (TPSA) is 59.6 Å². The van der Waals surface area contributed by atoms with Crippen molar-refractivity contribution in [3.63, 3.8) is 0 Å². The number of anilines is 2. The van der Waals surface area contributed by atoms with E-state index in [0.717, 1.165) is 39.1 Å². The molecular formula is C26H31BrN2O3. The number of ketones is 1. The fourth-order valence-electron chi connectivity index (χ4n) is 4.68. The van der Waals surface area contributed by atoms with Crippen LogP contribution in [0.15, 0.2) is 40.0 Å². The maximum absolute atomic E-state index is 13.5. The molecule has 0 bridgehead atoms. The number of allylic oxidation sites excluding steroid dienone is 1. The van der Waals surface area contributed by atoms with Gasteiger partial charge in [-0.15, -0.1) is 0 Å². The summed E-state index contributed by atoms with van der Waals surface area (Å²) in [4.78, 5) is 13.5. The van der Waals surface area contributed by atoms with Gasteiger partial charge in [-0.1, -0.05) is 13.8 Å². The third-order valence-corrected chi connectivity index (χ3v) is 6.89. The third-order valence-electron chi connectivity index (χ3n) is 6.30. The lowest BCUT2D eigenvalue weighted by molar-refractivity contribution is -0.118. The Bertz CT molecular complexity index is 1120. The van der Waals surface area contributed by atoms with E-state index in [1.807, 2.05) is 19.1 Å². The molecule has 32 heavy (non-hydrogen) atoms. The molecule has 2 aliphatic rings. The van der Waals surface area contributed by atoms with E-state index in [1.165, 1.54) is 11.1 Å². The molecule has 2 aromatic carbocycles. The number of carbonyl (C=O) groups excluding carboxylic acids is 1. The molecule has 1 heterocycles. The van der Waals surface area contributed by atoms with Crippen LogP contribution in [0, 0.1) is 19.3 Å². The molecule has 170 valence electrons. The van der Waals surface area contributed by atoms with Crippen molar-refractivity contribution in [2.24, 2.45) is 5.41 Å². The van der Waals surface area contributed by atoms with Crippen molar-refractivity contribution in [1.29, 1.82) is 0 Å². The van der Waals surface area contributed by atoms with Gasteiger partial charge in [0, 0.05) is 17.7 Å². The number of aryl methyl sites for hydroxylation is 2. The summed E-state index contributed by atoms with van der Waals surface area (Å²) in [5, 5.41) is 7.30. The number of carbonyl (C=O) groups is 1.